The first-order chi connectivity index (χ1) is 11.0. The highest BCUT2D eigenvalue weighted by molar-refractivity contribution is 7.21. The third-order valence-corrected chi connectivity index (χ3v) is 4.90. The summed E-state index contributed by atoms with van der Waals surface area (Å²) in [4.78, 5) is 12.6. The molecule has 0 atom stereocenters. The van der Waals surface area contributed by atoms with Gasteiger partial charge >= 0.3 is 0 Å². The van der Waals surface area contributed by atoms with Crippen LogP contribution < -0.4 is 5.43 Å². The van der Waals surface area contributed by atoms with Crippen LogP contribution in [0.4, 0.5) is 4.39 Å². The number of aryl methyl sites for hydroxylation is 1. The molecule has 6 heteroatoms. The van der Waals surface area contributed by atoms with Crippen LogP contribution >= 0.6 is 22.9 Å². The molecule has 3 nitrogen and oxygen atoms in total. The second-order valence-electron chi connectivity index (χ2n) is 5.00. The average Bonchev–Trinajstić information content (AvgIpc) is 2.85. The van der Waals surface area contributed by atoms with Gasteiger partial charge in [0.25, 0.3) is 5.91 Å². The Bertz CT molecular complexity index is 903. The van der Waals surface area contributed by atoms with Gasteiger partial charge in [0.15, 0.2) is 0 Å². The summed E-state index contributed by atoms with van der Waals surface area (Å²) in [5.41, 5.74) is 4.23. The van der Waals surface area contributed by atoms with Crippen molar-refractivity contribution >= 4 is 45.1 Å². The second-order valence-corrected chi connectivity index (χ2v) is 6.43. The number of benzene rings is 2. The molecule has 1 N–H and O–H groups in total. The van der Waals surface area contributed by atoms with E-state index < -0.39 is 0 Å². The zero-order valence-electron chi connectivity index (χ0n) is 12.1. The molecule has 0 saturated heterocycles. The Kier molecular flexibility index (Phi) is 4.41. The summed E-state index contributed by atoms with van der Waals surface area (Å²) in [5, 5.41) is 5.16. The number of hydrogen-bond donors (Lipinski definition) is 1. The van der Waals surface area contributed by atoms with Crippen molar-refractivity contribution in [1.82, 2.24) is 5.43 Å². The van der Waals surface area contributed by atoms with E-state index in [1.165, 1.54) is 29.7 Å². The lowest BCUT2D eigenvalue weighted by atomic mass is 10.2. The highest BCUT2D eigenvalue weighted by Crippen LogP contribution is 2.35. The third kappa shape index (κ3) is 3.41. The Morgan fingerprint density at radius 3 is 2.74 bits per heavy atom. The third-order valence-electron chi connectivity index (χ3n) is 3.24. The second kappa shape index (κ2) is 6.48. The fourth-order valence-corrected chi connectivity index (χ4v) is 3.59. The van der Waals surface area contributed by atoms with Gasteiger partial charge < -0.3 is 0 Å². The molecule has 0 unspecified atom stereocenters. The minimum atomic E-state index is -0.368. The predicted octanol–water partition coefficient (Wildman–Crippen LogP) is 4.77. The highest BCUT2D eigenvalue weighted by Gasteiger charge is 2.16. The molecule has 23 heavy (non-hydrogen) atoms. The highest BCUT2D eigenvalue weighted by atomic mass is 35.5. The summed E-state index contributed by atoms with van der Waals surface area (Å²) in [6.07, 6.45) is 1.45. The summed E-state index contributed by atoms with van der Waals surface area (Å²) < 4.78 is 13.8. The van der Waals surface area contributed by atoms with Crippen molar-refractivity contribution in [3.8, 4) is 0 Å². The first-order valence-corrected chi connectivity index (χ1v) is 8.01. The van der Waals surface area contributed by atoms with E-state index in [-0.39, 0.29) is 11.7 Å². The van der Waals surface area contributed by atoms with Crippen LogP contribution in [0.3, 0.4) is 0 Å². The number of halogens is 2. The first kappa shape index (κ1) is 15.6. The lowest BCUT2D eigenvalue weighted by Crippen LogP contribution is -2.16. The maximum absolute atomic E-state index is 12.8. The number of nitrogens with zero attached hydrogens (tertiary/aromatic N) is 1. The van der Waals surface area contributed by atoms with Crippen LogP contribution in [0.15, 0.2) is 47.6 Å². The van der Waals surface area contributed by atoms with Crippen LogP contribution in [-0.4, -0.2) is 12.1 Å². The molecule has 1 heterocycles. The molecule has 0 aliphatic rings. The monoisotopic (exact) mass is 346 g/mol. The van der Waals surface area contributed by atoms with Crippen molar-refractivity contribution in [2.24, 2.45) is 5.10 Å². The Balaban J connectivity index is 1.78. The predicted molar refractivity (Wildman–Crippen MR) is 93.0 cm³/mol. The number of amides is 1. The van der Waals surface area contributed by atoms with Gasteiger partial charge in [-0.1, -0.05) is 35.9 Å². The molecule has 1 amide bonds. The van der Waals surface area contributed by atoms with Crippen LogP contribution in [0, 0.1) is 12.7 Å². The van der Waals surface area contributed by atoms with Crippen molar-refractivity contribution in [3.63, 3.8) is 0 Å². The molecule has 3 rings (SSSR count). The van der Waals surface area contributed by atoms with Crippen LogP contribution in [0.1, 0.15) is 20.8 Å². The molecule has 0 aliphatic carbocycles. The lowest BCUT2D eigenvalue weighted by molar-refractivity contribution is 0.0959. The van der Waals surface area contributed by atoms with Crippen molar-refractivity contribution in [2.45, 2.75) is 6.92 Å². The van der Waals surface area contributed by atoms with Crippen molar-refractivity contribution in [2.75, 3.05) is 0 Å². The molecule has 3 aromatic rings. The summed E-state index contributed by atoms with van der Waals surface area (Å²) in [6.45, 7) is 1.99. The van der Waals surface area contributed by atoms with Gasteiger partial charge in [-0.3, -0.25) is 4.79 Å². The summed E-state index contributed by atoms with van der Waals surface area (Å²) in [6, 6.07) is 11.6. The minimum absolute atomic E-state index is 0.321. The molecule has 0 radical (unpaired) electrons. The normalized spacial score (nSPS) is 11.3. The van der Waals surface area contributed by atoms with Gasteiger partial charge in [0.05, 0.1) is 11.2 Å². The Hall–Kier alpha value is -2.24. The molecular weight excluding hydrogens is 335 g/mol. The average molecular weight is 347 g/mol. The summed E-state index contributed by atoms with van der Waals surface area (Å²) in [7, 11) is 0. The quantitative estimate of drug-likeness (QED) is 0.539. The van der Waals surface area contributed by atoms with Crippen LogP contribution in [0.25, 0.3) is 10.1 Å². The van der Waals surface area contributed by atoms with E-state index in [1.54, 1.807) is 12.1 Å². The van der Waals surface area contributed by atoms with Crippen LogP contribution in [0.2, 0.25) is 5.02 Å². The molecular formula is C17H12ClFN2OS. The van der Waals surface area contributed by atoms with Gasteiger partial charge in [-0.05, 0) is 36.2 Å². The van der Waals surface area contributed by atoms with Gasteiger partial charge in [-0.15, -0.1) is 11.3 Å². The van der Waals surface area contributed by atoms with E-state index in [4.69, 9.17) is 11.6 Å². The zero-order valence-corrected chi connectivity index (χ0v) is 13.7. The topological polar surface area (TPSA) is 41.5 Å². The maximum atomic E-state index is 12.8. The minimum Gasteiger partial charge on any atom is -0.266 e. The molecule has 0 bridgehead atoms. The van der Waals surface area contributed by atoms with E-state index in [0.717, 1.165) is 15.6 Å². The van der Waals surface area contributed by atoms with Crippen LogP contribution in [-0.2, 0) is 0 Å². The van der Waals surface area contributed by atoms with E-state index in [0.29, 0.717) is 15.5 Å². The lowest BCUT2D eigenvalue weighted by Gasteiger charge is -1.97. The number of hydrogen-bond acceptors (Lipinski definition) is 3. The molecule has 0 saturated carbocycles. The smallest absolute Gasteiger partial charge is 0.266 e. The van der Waals surface area contributed by atoms with Crippen molar-refractivity contribution in [1.29, 1.82) is 0 Å². The van der Waals surface area contributed by atoms with Crippen LogP contribution in [0.5, 0.6) is 0 Å². The number of rotatable bonds is 3. The molecule has 1 aromatic heterocycles. The van der Waals surface area contributed by atoms with Gasteiger partial charge in [-0.25, -0.2) is 9.82 Å². The Morgan fingerprint density at radius 1 is 1.26 bits per heavy atom. The zero-order chi connectivity index (χ0) is 16.4. The van der Waals surface area contributed by atoms with Crippen molar-refractivity contribution < 1.29 is 9.18 Å². The first-order valence-electron chi connectivity index (χ1n) is 6.82. The number of fused-ring (bicyclic) bond motifs is 1. The van der Waals surface area contributed by atoms with E-state index in [2.05, 4.69) is 10.5 Å². The number of hydrazone groups is 1. The van der Waals surface area contributed by atoms with Gasteiger partial charge in [0, 0.05) is 10.1 Å². The number of thiophene rings is 1. The fraction of sp³-hybridized carbons (Fsp3) is 0.0588. The SMILES string of the molecule is Cc1ccc2c(Cl)c(C(=O)NN=Cc3ccc(F)cc3)sc2c1. The van der Waals surface area contributed by atoms with Gasteiger partial charge in [0.1, 0.15) is 10.7 Å². The molecule has 0 aliphatic heterocycles. The van der Waals surface area contributed by atoms with Gasteiger partial charge in [0.2, 0.25) is 0 Å². The standard InChI is InChI=1S/C17H12ClFN2OS/c1-10-2-7-13-14(8-10)23-16(15(13)18)17(22)21-20-9-11-3-5-12(19)6-4-11/h2-9H,1H3,(H,21,22). The number of nitrogens with one attached hydrogen (secondary N) is 1. The molecule has 116 valence electrons. The molecule has 2 aromatic carbocycles. The van der Waals surface area contributed by atoms with E-state index in [9.17, 15) is 9.18 Å². The van der Waals surface area contributed by atoms with Crippen molar-refractivity contribution in [3.05, 3.63) is 69.3 Å². The molecule has 0 spiro atoms. The fourth-order valence-electron chi connectivity index (χ4n) is 2.08. The number of carbonyl (C=O) groups is 1. The Labute approximate surface area is 141 Å². The molecule has 0 fully saturated rings. The maximum Gasteiger partial charge on any atom is 0.283 e. The van der Waals surface area contributed by atoms with Gasteiger partial charge in [-0.2, -0.15) is 5.10 Å². The van der Waals surface area contributed by atoms with E-state index >= 15 is 0 Å². The summed E-state index contributed by atoms with van der Waals surface area (Å²) in [5.74, 6) is -0.689. The Morgan fingerprint density at radius 2 is 2.00 bits per heavy atom. The largest absolute Gasteiger partial charge is 0.283 e. The summed E-state index contributed by atoms with van der Waals surface area (Å²) >= 11 is 7.60. The van der Waals surface area contributed by atoms with E-state index in [1.807, 2.05) is 25.1 Å². The number of carbonyl (C=O) groups excluding carboxylic acids is 1.